The van der Waals surface area contributed by atoms with Crippen molar-refractivity contribution in [1.82, 2.24) is 15.1 Å². The average molecular weight is 277 g/mol. The summed E-state index contributed by atoms with van der Waals surface area (Å²) >= 11 is 0. The number of rotatable bonds is 8. The first-order valence-corrected chi connectivity index (χ1v) is 6.91. The molecule has 0 amide bonds. The normalized spacial score (nSPS) is 15.1. The third kappa shape index (κ3) is 3.46. The summed E-state index contributed by atoms with van der Waals surface area (Å²) in [7, 11) is 1.70. The summed E-state index contributed by atoms with van der Waals surface area (Å²) in [5.74, 6) is 2.86. The molecule has 1 aliphatic rings. The van der Waals surface area contributed by atoms with Gasteiger partial charge in [0.05, 0.1) is 26.0 Å². The quantitative estimate of drug-likeness (QED) is 0.737. The molecule has 3 rings (SSSR count). The first-order valence-electron chi connectivity index (χ1n) is 6.91. The van der Waals surface area contributed by atoms with Crippen LogP contribution in [0.5, 0.6) is 0 Å². The van der Waals surface area contributed by atoms with Crippen LogP contribution in [0.4, 0.5) is 0 Å². The van der Waals surface area contributed by atoms with Crippen LogP contribution >= 0.6 is 0 Å². The van der Waals surface area contributed by atoms with E-state index < -0.39 is 0 Å². The van der Waals surface area contributed by atoms with Crippen molar-refractivity contribution in [3.8, 4) is 0 Å². The van der Waals surface area contributed by atoms with Gasteiger partial charge in [-0.05, 0) is 25.0 Å². The predicted molar refractivity (Wildman–Crippen MR) is 71.0 cm³/mol. The molecule has 108 valence electrons. The fourth-order valence-electron chi connectivity index (χ4n) is 2.07. The zero-order valence-electron chi connectivity index (χ0n) is 11.6. The summed E-state index contributed by atoms with van der Waals surface area (Å²) in [6, 6.07) is 3.85. The van der Waals surface area contributed by atoms with Crippen LogP contribution in [-0.4, -0.2) is 35.4 Å². The molecule has 0 unspecified atom stereocenters. The number of hydrogen-bond acceptors (Lipinski definition) is 6. The minimum Gasteiger partial charge on any atom is -0.468 e. The van der Waals surface area contributed by atoms with Crippen LogP contribution in [-0.2, 0) is 17.8 Å². The van der Waals surface area contributed by atoms with Crippen LogP contribution < -0.4 is 0 Å². The van der Waals surface area contributed by atoms with Crippen molar-refractivity contribution in [2.45, 2.75) is 31.8 Å². The van der Waals surface area contributed by atoms with Crippen molar-refractivity contribution in [2.75, 3.05) is 20.3 Å². The van der Waals surface area contributed by atoms with Crippen molar-refractivity contribution in [3.05, 3.63) is 35.9 Å². The number of nitrogens with zero attached hydrogens (tertiary/aromatic N) is 3. The Labute approximate surface area is 117 Å². The van der Waals surface area contributed by atoms with Crippen LogP contribution in [0.1, 0.15) is 36.3 Å². The topological polar surface area (TPSA) is 64.5 Å². The fraction of sp³-hybridized carbons (Fsp3) is 0.571. The van der Waals surface area contributed by atoms with Gasteiger partial charge in [0, 0.05) is 19.6 Å². The van der Waals surface area contributed by atoms with Gasteiger partial charge in [0.15, 0.2) is 0 Å². The third-order valence-corrected chi connectivity index (χ3v) is 3.34. The summed E-state index contributed by atoms with van der Waals surface area (Å²) in [6.45, 7) is 2.77. The predicted octanol–water partition coefficient (Wildman–Crippen LogP) is 2.19. The lowest BCUT2D eigenvalue weighted by molar-refractivity contribution is 0.128. The maximum absolute atomic E-state index is 5.70. The molecule has 2 heterocycles. The van der Waals surface area contributed by atoms with Gasteiger partial charge in [-0.15, -0.1) is 10.2 Å². The van der Waals surface area contributed by atoms with Crippen molar-refractivity contribution >= 4 is 0 Å². The molecule has 0 radical (unpaired) electrons. The number of ether oxygens (including phenoxy) is 1. The van der Waals surface area contributed by atoms with Gasteiger partial charge >= 0.3 is 0 Å². The van der Waals surface area contributed by atoms with Gasteiger partial charge in [-0.25, -0.2) is 0 Å². The van der Waals surface area contributed by atoms with Crippen molar-refractivity contribution < 1.29 is 13.6 Å². The van der Waals surface area contributed by atoms with Gasteiger partial charge in [0.1, 0.15) is 5.76 Å². The average Bonchev–Trinajstić information content (AvgIpc) is 2.98. The van der Waals surface area contributed by atoms with Gasteiger partial charge in [-0.1, -0.05) is 0 Å². The molecular weight excluding hydrogens is 258 g/mol. The largest absolute Gasteiger partial charge is 0.468 e. The Morgan fingerprint density at radius 2 is 2.25 bits per heavy atom. The highest BCUT2D eigenvalue weighted by Gasteiger charge is 2.29. The Morgan fingerprint density at radius 1 is 1.35 bits per heavy atom. The molecule has 0 bridgehead atoms. The number of aromatic nitrogens is 2. The molecule has 0 N–H and O–H groups in total. The summed E-state index contributed by atoms with van der Waals surface area (Å²) in [4.78, 5) is 2.17. The highest BCUT2D eigenvalue weighted by atomic mass is 16.5. The second kappa shape index (κ2) is 6.19. The highest BCUT2D eigenvalue weighted by Crippen LogP contribution is 2.39. The van der Waals surface area contributed by atoms with E-state index in [-0.39, 0.29) is 0 Å². The molecule has 2 aromatic heterocycles. The lowest BCUT2D eigenvalue weighted by Gasteiger charge is -2.18. The van der Waals surface area contributed by atoms with E-state index in [0.29, 0.717) is 31.5 Å². The zero-order valence-corrected chi connectivity index (χ0v) is 11.6. The Bertz CT molecular complexity index is 520. The molecule has 1 aliphatic carbocycles. The van der Waals surface area contributed by atoms with E-state index in [2.05, 4.69) is 15.1 Å². The van der Waals surface area contributed by atoms with Crippen LogP contribution in [0, 0.1) is 0 Å². The van der Waals surface area contributed by atoms with Gasteiger partial charge in [-0.3, -0.25) is 4.90 Å². The van der Waals surface area contributed by atoms with Crippen LogP contribution in [0.2, 0.25) is 0 Å². The molecule has 1 fully saturated rings. The van der Waals surface area contributed by atoms with Gasteiger partial charge in [0.2, 0.25) is 11.8 Å². The Hall–Kier alpha value is -1.66. The van der Waals surface area contributed by atoms with Crippen LogP contribution in [0.25, 0.3) is 0 Å². The van der Waals surface area contributed by atoms with E-state index in [1.165, 1.54) is 12.8 Å². The molecule has 0 aromatic carbocycles. The summed E-state index contributed by atoms with van der Waals surface area (Å²) in [5, 5.41) is 8.24. The van der Waals surface area contributed by atoms with Crippen molar-refractivity contribution in [3.63, 3.8) is 0 Å². The number of hydrogen-bond donors (Lipinski definition) is 0. The highest BCUT2D eigenvalue weighted by molar-refractivity contribution is 5.01. The Balaban J connectivity index is 1.61. The minimum absolute atomic E-state index is 0.494. The molecule has 0 atom stereocenters. The molecule has 0 spiro atoms. The van der Waals surface area contributed by atoms with Crippen LogP contribution in [0.3, 0.4) is 0 Å². The van der Waals surface area contributed by atoms with Gasteiger partial charge < -0.3 is 13.6 Å². The van der Waals surface area contributed by atoms with Crippen LogP contribution in [0.15, 0.2) is 27.2 Å². The van der Waals surface area contributed by atoms with E-state index in [4.69, 9.17) is 13.6 Å². The maximum atomic E-state index is 5.70. The van der Waals surface area contributed by atoms with E-state index in [1.807, 2.05) is 12.1 Å². The van der Waals surface area contributed by atoms with E-state index in [1.54, 1.807) is 13.4 Å². The first kappa shape index (κ1) is 13.3. The fourth-order valence-corrected chi connectivity index (χ4v) is 2.07. The smallest absolute Gasteiger partial charge is 0.230 e. The second-order valence-corrected chi connectivity index (χ2v) is 5.09. The van der Waals surface area contributed by atoms with Gasteiger partial charge in [-0.2, -0.15) is 0 Å². The third-order valence-electron chi connectivity index (χ3n) is 3.34. The molecule has 0 aliphatic heterocycles. The molecule has 0 saturated heterocycles. The molecule has 6 nitrogen and oxygen atoms in total. The number of methoxy groups -OCH3 is 1. The Kier molecular flexibility index (Phi) is 4.13. The molecular formula is C14H19N3O3. The van der Waals surface area contributed by atoms with Gasteiger partial charge in [0.25, 0.3) is 0 Å². The second-order valence-electron chi connectivity index (χ2n) is 5.09. The zero-order chi connectivity index (χ0) is 13.8. The SMILES string of the molecule is COCCN(Cc1ccco1)Cc1nnc(C2CC2)o1. The maximum Gasteiger partial charge on any atom is 0.230 e. The minimum atomic E-state index is 0.494. The molecule has 6 heteroatoms. The first-order chi connectivity index (χ1) is 9.85. The van der Waals surface area contributed by atoms with E-state index >= 15 is 0 Å². The van der Waals surface area contributed by atoms with E-state index in [9.17, 15) is 0 Å². The summed E-state index contributed by atoms with van der Waals surface area (Å²) in [6.07, 6.45) is 4.02. The van der Waals surface area contributed by atoms with E-state index in [0.717, 1.165) is 18.2 Å². The number of furan rings is 1. The molecule has 20 heavy (non-hydrogen) atoms. The molecule has 1 saturated carbocycles. The van der Waals surface area contributed by atoms with Crippen molar-refractivity contribution in [2.24, 2.45) is 0 Å². The van der Waals surface area contributed by atoms with Crippen molar-refractivity contribution in [1.29, 1.82) is 0 Å². The lowest BCUT2D eigenvalue weighted by Crippen LogP contribution is -2.26. The lowest BCUT2D eigenvalue weighted by atomic mass is 10.4. The molecule has 2 aromatic rings. The standard InChI is InChI=1S/C14H19N3O3/c1-18-8-6-17(9-12-3-2-7-19-12)10-13-15-16-14(20-13)11-4-5-11/h2-3,7,11H,4-6,8-10H2,1H3. The Morgan fingerprint density at radius 3 is 2.95 bits per heavy atom. The summed E-state index contributed by atoms with van der Waals surface area (Å²) in [5.41, 5.74) is 0. The monoisotopic (exact) mass is 277 g/mol. The summed E-state index contributed by atoms with van der Waals surface area (Å²) < 4.78 is 16.2.